The molecule has 134 valence electrons. The first-order valence-electron chi connectivity index (χ1n) is 8.58. The number of amidine groups is 1. The maximum Gasteiger partial charge on any atom is 0.263 e. The highest BCUT2D eigenvalue weighted by Gasteiger charge is 2.30. The van der Waals surface area contributed by atoms with Crippen LogP contribution in [-0.2, 0) is 21.2 Å². The van der Waals surface area contributed by atoms with Crippen molar-refractivity contribution in [1.82, 2.24) is 10.0 Å². The molecular weight excluding hydrogens is 350 g/mol. The molecule has 2 N–H and O–H groups in total. The second-order valence-electron chi connectivity index (χ2n) is 6.44. The van der Waals surface area contributed by atoms with Crippen LogP contribution in [0, 0.1) is 0 Å². The molecule has 1 amide bonds. The summed E-state index contributed by atoms with van der Waals surface area (Å²) in [5.41, 5.74) is 3.03. The van der Waals surface area contributed by atoms with Gasteiger partial charge in [0.05, 0.1) is 17.5 Å². The maximum atomic E-state index is 12.2. The SMILES string of the molecule is O=C(CCN=C1NS(=O)(=O)c2ccccc21)N[C@H]1CCc2ccccc21. The summed E-state index contributed by atoms with van der Waals surface area (Å²) in [5.74, 6) is 0.227. The Kier molecular flexibility index (Phi) is 4.24. The molecule has 2 aromatic carbocycles. The van der Waals surface area contributed by atoms with Gasteiger partial charge in [-0.15, -0.1) is 0 Å². The number of carbonyl (C=O) groups is 1. The Morgan fingerprint density at radius 3 is 2.81 bits per heavy atom. The number of nitrogens with one attached hydrogen (secondary N) is 2. The van der Waals surface area contributed by atoms with Gasteiger partial charge < -0.3 is 5.32 Å². The van der Waals surface area contributed by atoms with E-state index >= 15 is 0 Å². The van der Waals surface area contributed by atoms with E-state index in [1.165, 1.54) is 11.1 Å². The van der Waals surface area contributed by atoms with Crippen LogP contribution in [0.5, 0.6) is 0 Å². The minimum Gasteiger partial charge on any atom is -0.349 e. The lowest BCUT2D eigenvalue weighted by atomic mass is 10.1. The van der Waals surface area contributed by atoms with Crippen LogP contribution < -0.4 is 10.0 Å². The zero-order chi connectivity index (χ0) is 18.1. The van der Waals surface area contributed by atoms with E-state index in [9.17, 15) is 13.2 Å². The Morgan fingerprint density at radius 2 is 1.92 bits per heavy atom. The van der Waals surface area contributed by atoms with E-state index in [0.29, 0.717) is 11.4 Å². The summed E-state index contributed by atoms with van der Waals surface area (Å²) in [7, 11) is -3.54. The zero-order valence-electron chi connectivity index (χ0n) is 14.1. The van der Waals surface area contributed by atoms with Crippen molar-refractivity contribution in [3.05, 3.63) is 65.2 Å². The molecule has 0 saturated heterocycles. The van der Waals surface area contributed by atoms with Gasteiger partial charge in [0, 0.05) is 12.0 Å². The summed E-state index contributed by atoms with van der Waals surface area (Å²) < 4.78 is 26.5. The Labute approximate surface area is 152 Å². The summed E-state index contributed by atoms with van der Waals surface area (Å²) >= 11 is 0. The van der Waals surface area contributed by atoms with Gasteiger partial charge in [0.15, 0.2) is 0 Å². The number of rotatable bonds is 4. The van der Waals surface area contributed by atoms with E-state index < -0.39 is 10.0 Å². The van der Waals surface area contributed by atoms with Gasteiger partial charge in [-0.05, 0) is 36.1 Å². The lowest BCUT2D eigenvalue weighted by Crippen LogP contribution is -2.28. The number of aryl methyl sites for hydroxylation is 1. The Balaban J connectivity index is 1.38. The van der Waals surface area contributed by atoms with Crippen molar-refractivity contribution < 1.29 is 13.2 Å². The summed E-state index contributed by atoms with van der Waals surface area (Å²) in [6.45, 7) is 0.229. The predicted octanol–water partition coefficient (Wildman–Crippen LogP) is 1.92. The molecule has 6 nitrogen and oxygen atoms in total. The molecular formula is C19H19N3O3S. The van der Waals surface area contributed by atoms with Gasteiger partial charge in [0.1, 0.15) is 5.84 Å². The first-order chi connectivity index (χ1) is 12.5. The van der Waals surface area contributed by atoms with E-state index in [4.69, 9.17) is 0 Å². The summed E-state index contributed by atoms with van der Waals surface area (Å²) in [4.78, 5) is 16.7. The first-order valence-corrected chi connectivity index (χ1v) is 10.1. The molecule has 7 heteroatoms. The fourth-order valence-corrected chi connectivity index (χ4v) is 4.75. The van der Waals surface area contributed by atoms with E-state index in [0.717, 1.165) is 12.8 Å². The summed E-state index contributed by atoms with van der Waals surface area (Å²) in [5, 5.41) is 3.05. The third-order valence-corrected chi connectivity index (χ3v) is 6.14. The Bertz CT molecular complexity index is 999. The zero-order valence-corrected chi connectivity index (χ0v) is 14.9. The number of benzene rings is 2. The molecule has 2 aliphatic rings. The maximum absolute atomic E-state index is 12.2. The lowest BCUT2D eigenvalue weighted by molar-refractivity contribution is -0.121. The average molecular weight is 369 g/mol. The van der Waals surface area contributed by atoms with Gasteiger partial charge in [0.2, 0.25) is 5.91 Å². The molecule has 0 bridgehead atoms. The van der Waals surface area contributed by atoms with Crippen molar-refractivity contribution in [1.29, 1.82) is 0 Å². The molecule has 2 aromatic rings. The van der Waals surface area contributed by atoms with Crippen LogP contribution in [0.1, 0.15) is 35.6 Å². The average Bonchev–Trinajstić information content (AvgIpc) is 3.15. The van der Waals surface area contributed by atoms with Crippen molar-refractivity contribution in [2.45, 2.75) is 30.2 Å². The number of nitrogens with zero attached hydrogens (tertiary/aromatic N) is 1. The molecule has 0 radical (unpaired) electrons. The van der Waals surface area contributed by atoms with Gasteiger partial charge in [-0.25, -0.2) is 8.42 Å². The molecule has 26 heavy (non-hydrogen) atoms. The third kappa shape index (κ3) is 3.10. The van der Waals surface area contributed by atoms with E-state index in [-0.39, 0.29) is 29.8 Å². The van der Waals surface area contributed by atoms with Gasteiger partial charge in [-0.2, -0.15) is 0 Å². The van der Waals surface area contributed by atoms with Crippen LogP contribution in [0.2, 0.25) is 0 Å². The highest BCUT2D eigenvalue weighted by atomic mass is 32.2. The lowest BCUT2D eigenvalue weighted by Gasteiger charge is -2.13. The molecule has 1 heterocycles. The number of aliphatic imine (C=N–C) groups is 1. The highest BCUT2D eigenvalue weighted by Crippen LogP contribution is 2.30. The van der Waals surface area contributed by atoms with Gasteiger partial charge >= 0.3 is 0 Å². The molecule has 0 aromatic heterocycles. The molecule has 0 fully saturated rings. The van der Waals surface area contributed by atoms with Crippen LogP contribution in [0.25, 0.3) is 0 Å². The van der Waals surface area contributed by atoms with E-state index in [1.54, 1.807) is 24.3 Å². The number of sulfonamides is 1. The molecule has 1 aliphatic heterocycles. The van der Waals surface area contributed by atoms with Crippen LogP contribution in [0.3, 0.4) is 0 Å². The van der Waals surface area contributed by atoms with E-state index in [1.807, 2.05) is 12.1 Å². The van der Waals surface area contributed by atoms with Crippen molar-refractivity contribution >= 4 is 21.8 Å². The van der Waals surface area contributed by atoms with Crippen LogP contribution in [0.15, 0.2) is 58.4 Å². The summed E-state index contributed by atoms with van der Waals surface area (Å²) in [6.07, 6.45) is 2.10. The van der Waals surface area contributed by atoms with Crippen molar-refractivity contribution in [3.8, 4) is 0 Å². The molecule has 0 unspecified atom stereocenters. The standard InChI is InChI=1S/C19H19N3O3S/c23-18(21-16-10-9-13-5-1-2-6-14(13)16)11-12-20-19-15-7-3-4-8-17(15)26(24,25)22-19/h1-8,16H,9-12H2,(H,20,22)(H,21,23)/t16-/m0/s1. The molecule has 1 atom stereocenters. The number of fused-ring (bicyclic) bond motifs is 2. The summed E-state index contributed by atoms with van der Waals surface area (Å²) in [6, 6.07) is 14.9. The number of hydrogen-bond donors (Lipinski definition) is 2. The normalized spacial score (nSPS) is 21.1. The van der Waals surface area contributed by atoms with Crippen molar-refractivity contribution in [2.75, 3.05) is 6.54 Å². The second-order valence-corrected chi connectivity index (χ2v) is 8.09. The van der Waals surface area contributed by atoms with Gasteiger partial charge in [-0.3, -0.25) is 14.5 Å². The molecule has 4 rings (SSSR count). The van der Waals surface area contributed by atoms with Crippen LogP contribution >= 0.6 is 0 Å². The first kappa shape index (κ1) is 16.8. The molecule has 0 spiro atoms. The van der Waals surface area contributed by atoms with E-state index in [2.05, 4.69) is 27.2 Å². The number of amides is 1. The smallest absolute Gasteiger partial charge is 0.263 e. The van der Waals surface area contributed by atoms with Gasteiger partial charge in [0.25, 0.3) is 10.0 Å². The van der Waals surface area contributed by atoms with Crippen molar-refractivity contribution in [3.63, 3.8) is 0 Å². The quantitative estimate of drug-likeness (QED) is 0.863. The third-order valence-electron chi connectivity index (χ3n) is 4.74. The largest absolute Gasteiger partial charge is 0.349 e. The highest BCUT2D eigenvalue weighted by molar-refractivity contribution is 7.90. The molecule has 0 saturated carbocycles. The predicted molar refractivity (Wildman–Crippen MR) is 98.4 cm³/mol. The fraction of sp³-hybridized carbons (Fsp3) is 0.263. The van der Waals surface area contributed by atoms with Crippen LogP contribution in [-0.4, -0.2) is 26.7 Å². The minimum absolute atomic E-state index is 0.0528. The monoisotopic (exact) mass is 369 g/mol. The minimum atomic E-state index is -3.54. The second kappa shape index (κ2) is 6.57. The Hall–Kier alpha value is -2.67. The van der Waals surface area contributed by atoms with Crippen molar-refractivity contribution in [2.24, 2.45) is 4.99 Å². The fourth-order valence-electron chi connectivity index (χ4n) is 3.49. The van der Waals surface area contributed by atoms with Crippen LogP contribution in [0.4, 0.5) is 0 Å². The number of carbonyl (C=O) groups excluding carboxylic acids is 1. The molecule has 1 aliphatic carbocycles. The number of hydrogen-bond acceptors (Lipinski definition) is 4. The Morgan fingerprint density at radius 1 is 1.15 bits per heavy atom. The topological polar surface area (TPSA) is 87.6 Å². The van der Waals surface area contributed by atoms with Gasteiger partial charge in [-0.1, -0.05) is 36.4 Å².